The molecule has 4 heteroatoms. The van der Waals surface area contributed by atoms with Crippen molar-refractivity contribution in [2.24, 2.45) is 11.7 Å². The van der Waals surface area contributed by atoms with Crippen LogP contribution in [0.15, 0.2) is 18.3 Å². The van der Waals surface area contributed by atoms with Crippen LogP contribution in [0.5, 0.6) is 5.75 Å². The van der Waals surface area contributed by atoms with E-state index >= 15 is 0 Å². The predicted molar refractivity (Wildman–Crippen MR) is 61.2 cm³/mol. The van der Waals surface area contributed by atoms with Crippen molar-refractivity contribution >= 4 is 0 Å². The maximum atomic E-state index is 5.69. The van der Waals surface area contributed by atoms with E-state index in [4.69, 9.17) is 15.2 Å². The highest BCUT2D eigenvalue weighted by Crippen LogP contribution is 2.17. The molecule has 2 N–H and O–H groups in total. The fourth-order valence-corrected chi connectivity index (χ4v) is 1.74. The Morgan fingerprint density at radius 1 is 1.38 bits per heavy atom. The highest BCUT2D eigenvalue weighted by Gasteiger charge is 2.14. The summed E-state index contributed by atoms with van der Waals surface area (Å²) in [6, 6.07) is 3.83. The van der Waals surface area contributed by atoms with Gasteiger partial charge < -0.3 is 15.2 Å². The van der Waals surface area contributed by atoms with Gasteiger partial charge in [0.1, 0.15) is 5.75 Å². The molecule has 2 rings (SSSR count). The molecule has 0 aliphatic carbocycles. The lowest BCUT2D eigenvalue weighted by Crippen LogP contribution is -2.21. The van der Waals surface area contributed by atoms with Crippen LogP contribution in [0.1, 0.15) is 18.5 Å². The molecule has 0 saturated carbocycles. The first-order valence-corrected chi connectivity index (χ1v) is 5.74. The number of rotatable bonds is 4. The molecule has 0 bridgehead atoms. The van der Waals surface area contributed by atoms with Crippen LogP contribution in [0.25, 0.3) is 0 Å². The van der Waals surface area contributed by atoms with Gasteiger partial charge in [-0.05, 0) is 30.9 Å². The third-order valence-corrected chi connectivity index (χ3v) is 2.83. The molecule has 1 saturated heterocycles. The first-order valence-electron chi connectivity index (χ1n) is 5.74. The number of ether oxygens (including phenoxy) is 2. The summed E-state index contributed by atoms with van der Waals surface area (Å²) < 4.78 is 11.0. The Labute approximate surface area is 95.8 Å². The van der Waals surface area contributed by atoms with Gasteiger partial charge in [-0.25, -0.2) is 0 Å². The SMILES string of the molecule is NCc1ccc(OCC2CCOCC2)cn1. The standard InChI is InChI=1S/C12H18N2O2/c13-7-11-1-2-12(8-14-11)16-9-10-3-5-15-6-4-10/h1-2,8,10H,3-7,9,13H2. The second kappa shape index (κ2) is 5.82. The third-order valence-electron chi connectivity index (χ3n) is 2.83. The molecule has 0 unspecified atom stereocenters. The average Bonchev–Trinajstić information content (AvgIpc) is 2.38. The summed E-state index contributed by atoms with van der Waals surface area (Å²) in [6.07, 6.45) is 3.92. The second-order valence-corrected chi connectivity index (χ2v) is 4.06. The van der Waals surface area contributed by atoms with Gasteiger partial charge >= 0.3 is 0 Å². The molecule has 0 amide bonds. The topological polar surface area (TPSA) is 57.4 Å². The normalized spacial score (nSPS) is 17.3. The lowest BCUT2D eigenvalue weighted by Gasteiger charge is -2.21. The fourth-order valence-electron chi connectivity index (χ4n) is 1.74. The van der Waals surface area contributed by atoms with Crippen LogP contribution < -0.4 is 10.5 Å². The van der Waals surface area contributed by atoms with Crippen molar-refractivity contribution in [3.8, 4) is 5.75 Å². The van der Waals surface area contributed by atoms with Crippen LogP contribution in [-0.2, 0) is 11.3 Å². The van der Waals surface area contributed by atoms with Crippen molar-refractivity contribution < 1.29 is 9.47 Å². The first-order chi connectivity index (χ1) is 7.88. The maximum Gasteiger partial charge on any atom is 0.137 e. The van der Waals surface area contributed by atoms with E-state index in [1.54, 1.807) is 6.20 Å². The molecule has 1 aromatic rings. The van der Waals surface area contributed by atoms with Gasteiger partial charge in [0, 0.05) is 19.8 Å². The highest BCUT2D eigenvalue weighted by atomic mass is 16.5. The average molecular weight is 222 g/mol. The molecule has 1 aliphatic rings. The zero-order valence-electron chi connectivity index (χ0n) is 9.39. The molecule has 88 valence electrons. The number of nitrogens with two attached hydrogens (primary N) is 1. The number of nitrogens with zero attached hydrogens (tertiary/aromatic N) is 1. The van der Waals surface area contributed by atoms with E-state index in [1.807, 2.05) is 12.1 Å². The Bertz CT molecular complexity index is 307. The van der Waals surface area contributed by atoms with E-state index in [1.165, 1.54) is 0 Å². The number of hydrogen-bond acceptors (Lipinski definition) is 4. The van der Waals surface area contributed by atoms with Gasteiger partial charge in [-0.15, -0.1) is 0 Å². The van der Waals surface area contributed by atoms with Gasteiger partial charge in [0.25, 0.3) is 0 Å². The monoisotopic (exact) mass is 222 g/mol. The molecule has 0 radical (unpaired) electrons. The van der Waals surface area contributed by atoms with Crippen molar-refractivity contribution in [1.29, 1.82) is 0 Å². The molecule has 0 aromatic carbocycles. The van der Waals surface area contributed by atoms with E-state index in [2.05, 4.69) is 4.98 Å². The van der Waals surface area contributed by atoms with Crippen LogP contribution in [0, 0.1) is 5.92 Å². The molecule has 1 aromatic heterocycles. The largest absolute Gasteiger partial charge is 0.492 e. The number of aromatic nitrogens is 1. The van der Waals surface area contributed by atoms with Gasteiger partial charge in [0.15, 0.2) is 0 Å². The Balaban J connectivity index is 1.79. The molecule has 0 atom stereocenters. The molecule has 1 fully saturated rings. The van der Waals surface area contributed by atoms with E-state index < -0.39 is 0 Å². The summed E-state index contributed by atoms with van der Waals surface area (Å²) >= 11 is 0. The van der Waals surface area contributed by atoms with Crippen LogP contribution in [-0.4, -0.2) is 24.8 Å². The summed E-state index contributed by atoms with van der Waals surface area (Å²) in [7, 11) is 0. The molecule has 4 nitrogen and oxygen atoms in total. The molecular weight excluding hydrogens is 204 g/mol. The summed E-state index contributed by atoms with van der Waals surface area (Å²) in [5, 5.41) is 0. The van der Waals surface area contributed by atoms with Crippen LogP contribution in [0.3, 0.4) is 0 Å². The van der Waals surface area contributed by atoms with Crippen LogP contribution in [0.4, 0.5) is 0 Å². The summed E-state index contributed by atoms with van der Waals surface area (Å²) in [6.45, 7) is 2.95. The van der Waals surface area contributed by atoms with Crippen molar-refractivity contribution in [1.82, 2.24) is 4.98 Å². The first kappa shape index (κ1) is 11.4. The lowest BCUT2D eigenvalue weighted by molar-refractivity contribution is 0.0497. The Morgan fingerprint density at radius 3 is 2.81 bits per heavy atom. The highest BCUT2D eigenvalue weighted by molar-refractivity contribution is 5.19. The van der Waals surface area contributed by atoms with Gasteiger partial charge in [-0.1, -0.05) is 0 Å². The minimum atomic E-state index is 0.472. The summed E-state index contributed by atoms with van der Waals surface area (Å²) in [5.41, 5.74) is 6.36. The van der Waals surface area contributed by atoms with E-state index in [0.717, 1.165) is 44.1 Å². The number of pyridine rings is 1. The lowest BCUT2D eigenvalue weighted by atomic mass is 10.0. The van der Waals surface area contributed by atoms with Crippen molar-refractivity contribution in [2.75, 3.05) is 19.8 Å². The molecule has 0 spiro atoms. The zero-order valence-corrected chi connectivity index (χ0v) is 9.39. The van der Waals surface area contributed by atoms with Crippen molar-refractivity contribution in [3.05, 3.63) is 24.0 Å². The van der Waals surface area contributed by atoms with E-state index in [0.29, 0.717) is 12.5 Å². The van der Waals surface area contributed by atoms with Gasteiger partial charge in [0.05, 0.1) is 18.5 Å². The molecule has 1 aliphatic heterocycles. The molecule has 2 heterocycles. The predicted octanol–water partition coefficient (Wildman–Crippen LogP) is 1.35. The van der Waals surface area contributed by atoms with Crippen LogP contribution in [0.2, 0.25) is 0 Å². The van der Waals surface area contributed by atoms with Gasteiger partial charge in [-0.2, -0.15) is 0 Å². The summed E-state index contributed by atoms with van der Waals surface area (Å²) in [5.74, 6) is 1.44. The van der Waals surface area contributed by atoms with Crippen molar-refractivity contribution in [2.45, 2.75) is 19.4 Å². The Morgan fingerprint density at radius 2 is 2.19 bits per heavy atom. The van der Waals surface area contributed by atoms with Crippen molar-refractivity contribution in [3.63, 3.8) is 0 Å². The maximum absolute atomic E-state index is 5.69. The van der Waals surface area contributed by atoms with Gasteiger partial charge in [0.2, 0.25) is 0 Å². The van der Waals surface area contributed by atoms with Gasteiger partial charge in [-0.3, -0.25) is 4.98 Å². The van der Waals surface area contributed by atoms with E-state index in [9.17, 15) is 0 Å². The van der Waals surface area contributed by atoms with E-state index in [-0.39, 0.29) is 0 Å². The van der Waals surface area contributed by atoms with Crippen LogP contribution >= 0.6 is 0 Å². The molecular formula is C12H18N2O2. The summed E-state index contributed by atoms with van der Waals surface area (Å²) in [4.78, 5) is 4.19. The smallest absolute Gasteiger partial charge is 0.137 e. The Kier molecular flexibility index (Phi) is 4.13. The molecule has 16 heavy (non-hydrogen) atoms. The number of hydrogen-bond donors (Lipinski definition) is 1. The minimum Gasteiger partial charge on any atom is -0.492 e. The minimum absolute atomic E-state index is 0.472. The fraction of sp³-hybridized carbons (Fsp3) is 0.583. The third kappa shape index (κ3) is 3.18. The second-order valence-electron chi connectivity index (χ2n) is 4.06. The zero-order chi connectivity index (χ0) is 11.2. The Hall–Kier alpha value is -1.13. The quantitative estimate of drug-likeness (QED) is 0.835.